The van der Waals surface area contributed by atoms with Crippen LogP contribution in [0.15, 0.2) is 12.2 Å². The molecule has 0 aromatic rings. The van der Waals surface area contributed by atoms with E-state index in [-0.39, 0.29) is 22.8 Å². The largest absolute Gasteiger partial charge is 0.393 e. The summed E-state index contributed by atoms with van der Waals surface area (Å²) in [4.78, 5) is 11.9. The summed E-state index contributed by atoms with van der Waals surface area (Å²) in [5, 5.41) is 13.9. The van der Waals surface area contributed by atoms with E-state index in [0.29, 0.717) is 29.7 Å². The van der Waals surface area contributed by atoms with Crippen molar-refractivity contribution in [3.05, 3.63) is 12.2 Å². The van der Waals surface area contributed by atoms with Gasteiger partial charge in [-0.3, -0.25) is 4.79 Å². The van der Waals surface area contributed by atoms with Crippen LogP contribution in [0.4, 0.5) is 0 Å². The van der Waals surface area contributed by atoms with E-state index >= 15 is 0 Å². The fraction of sp³-hybridized carbons (Fsp3) is 0.850. The number of aliphatic hydroxyl groups is 1. The van der Waals surface area contributed by atoms with E-state index in [1.54, 1.807) is 6.08 Å². The van der Waals surface area contributed by atoms with Gasteiger partial charge in [0.25, 0.3) is 0 Å². The van der Waals surface area contributed by atoms with Crippen molar-refractivity contribution < 1.29 is 9.90 Å². The number of aliphatic hydroxyl groups excluding tert-OH is 1. The number of rotatable bonds is 1. The van der Waals surface area contributed by atoms with Crippen LogP contribution in [-0.2, 0) is 4.79 Å². The average molecular weight is 317 g/mol. The van der Waals surface area contributed by atoms with E-state index in [9.17, 15) is 9.90 Å². The fourth-order valence-electron chi connectivity index (χ4n) is 6.89. The number of hydrogen-bond donors (Lipinski definition) is 2. The van der Waals surface area contributed by atoms with Crippen LogP contribution in [-0.4, -0.2) is 23.2 Å². The maximum Gasteiger partial charge on any atom is 0.243 e. The summed E-state index contributed by atoms with van der Waals surface area (Å²) in [7, 11) is 0. The van der Waals surface area contributed by atoms with Gasteiger partial charge in [0, 0.05) is 11.5 Å². The first kappa shape index (κ1) is 15.7. The Morgan fingerprint density at radius 3 is 2.78 bits per heavy atom. The predicted octanol–water partition coefficient (Wildman–Crippen LogP) is 3.28. The number of carbonyl (C=O) groups excluding carboxylic acids is 1. The molecule has 1 amide bonds. The van der Waals surface area contributed by atoms with Gasteiger partial charge in [-0.15, -0.1) is 0 Å². The molecule has 3 nitrogen and oxygen atoms in total. The third-order valence-corrected chi connectivity index (χ3v) is 8.35. The maximum absolute atomic E-state index is 11.9. The molecular formula is C20H31NO2. The van der Waals surface area contributed by atoms with Crippen LogP contribution in [0, 0.1) is 34.5 Å². The molecule has 0 spiro atoms. The Hall–Kier alpha value is -0.830. The minimum Gasteiger partial charge on any atom is -0.393 e. The Morgan fingerprint density at radius 1 is 1.26 bits per heavy atom. The first-order valence-electron chi connectivity index (χ1n) is 9.58. The second-order valence-corrected chi connectivity index (χ2v) is 9.09. The molecule has 128 valence electrons. The summed E-state index contributed by atoms with van der Waals surface area (Å²) < 4.78 is 0. The van der Waals surface area contributed by atoms with Gasteiger partial charge < -0.3 is 10.4 Å². The summed E-state index contributed by atoms with van der Waals surface area (Å²) >= 11 is 0. The molecule has 3 heteroatoms. The number of hydrogen-bond acceptors (Lipinski definition) is 2. The SMILES string of the molecule is CCC1CC2NC(=O)C=C[C@]2(C)[C@@H]2CC[C@]3(C)C(O)CC[C@H]3[C@H]12. The lowest BCUT2D eigenvalue weighted by atomic mass is 9.45. The van der Waals surface area contributed by atoms with Crippen LogP contribution >= 0.6 is 0 Å². The smallest absolute Gasteiger partial charge is 0.243 e. The van der Waals surface area contributed by atoms with Crippen molar-refractivity contribution in [2.45, 2.75) is 71.4 Å². The van der Waals surface area contributed by atoms with Gasteiger partial charge in [-0.25, -0.2) is 0 Å². The van der Waals surface area contributed by atoms with E-state index in [1.807, 2.05) is 0 Å². The molecule has 4 rings (SSSR count). The molecule has 1 aliphatic heterocycles. The van der Waals surface area contributed by atoms with E-state index in [0.717, 1.165) is 19.3 Å². The molecule has 2 N–H and O–H groups in total. The molecule has 3 saturated carbocycles. The normalized spacial score (nSPS) is 54.9. The number of amides is 1. The van der Waals surface area contributed by atoms with Crippen LogP contribution in [0.1, 0.15) is 59.3 Å². The molecular weight excluding hydrogens is 286 g/mol. The quantitative estimate of drug-likeness (QED) is 0.780. The Balaban J connectivity index is 1.74. The second-order valence-electron chi connectivity index (χ2n) is 9.09. The summed E-state index contributed by atoms with van der Waals surface area (Å²) in [5.41, 5.74) is 0.221. The van der Waals surface area contributed by atoms with Gasteiger partial charge in [-0.1, -0.05) is 33.3 Å². The summed E-state index contributed by atoms with van der Waals surface area (Å²) in [6.07, 6.45) is 10.7. The van der Waals surface area contributed by atoms with Crippen molar-refractivity contribution in [2.75, 3.05) is 0 Å². The molecule has 3 aliphatic carbocycles. The average Bonchev–Trinajstić information content (AvgIpc) is 2.83. The van der Waals surface area contributed by atoms with Crippen LogP contribution in [0.25, 0.3) is 0 Å². The highest BCUT2D eigenvalue weighted by Gasteiger charge is 2.61. The topological polar surface area (TPSA) is 49.3 Å². The first-order valence-corrected chi connectivity index (χ1v) is 9.58. The van der Waals surface area contributed by atoms with Crippen molar-refractivity contribution >= 4 is 5.91 Å². The zero-order chi connectivity index (χ0) is 16.4. The van der Waals surface area contributed by atoms with Crippen molar-refractivity contribution in [1.29, 1.82) is 0 Å². The Kier molecular flexibility index (Phi) is 3.46. The number of carbonyl (C=O) groups is 1. The lowest BCUT2D eigenvalue weighted by molar-refractivity contribution is -0.129. The highest BCUT2D eigenvalue weighted by molar-refractivity contribution is 5.89. The number of fused-ring (bicyclic) bond motifs is 5. The van der Waals surface area contributed by atoms with E-state index < -0.39 is 0 Å². The first-order chi connectivity index (χ1) is 10.9. The molecule has 0 aromatic carbocycles. The highest BCUT2D eigenvalue weighted by atomic mass is 16.3. The standard InChI is InChI=1S/C20H31NO2/c1-4-12-11-15-19(2,10-8-17(23)21-15)14-7-9-20(3)13(18(12)14)5-6-16(20)22/h8,10,12-16,18,22H,4-7,9,11H2,1-3H3,(H,21,23)/t12?,13-,14+,15?,16?,18-,19+,20-/m0/s1. The van der Waals surface area contributed by atoms with Crippen LogP contribution in [0.2, 0.25) is 0 Å². The van der Waals surface area contributed by atoms with Gasteiger partial charge in [0.15, 0.2) is 0 Å². The van der Waals surface area contributed by atoms with Gasteiger partial charge in [0.1, 0.15) is 0 Å². The van der Waals surface area contributed by atoms with Gasteiger partial charge in [-0.05, 0) is 67.3 Å². The van der Waals surface area contributed by atoms with Crippen LogP contribution in [0.5, 0.6) is 0 Å². The van der Waals surface area contributed by atoms with E-state index in [4.69, 9.17) is 0 Å². The molecule has 1 heterocycles. The van der Waals surface area contributed by atoms with Crippen LogP contribution in [0.3, 0.4) is 0 Å². The van der Waals surface area contributed by atoms with Crippen LogP contribution < -0.4 is 5.32 Å². The molecule has 3 fully saturated rings. The van der Waals surface area contributed by atoms with Crippen molar-refractivity contribution in [3.63, 3.8) is 0 Å². The Bertz CT molecular complexity index is 544. The zero-order valence-electron chi connectivity index (χ0n) is 14.7. The van der Waals surface area contributed by atoms with E-state index in [1.165, 1.54) is 19.3 Å². The Morgan fingerprint density at radius 2 is 2.04 bits per heavy atom. The summed E-state index contributed by atoms with van der Waals surface area (Å²) in [6, 6.07) is 0.293. The molecule has 8 atom stereocenters. The zero-order valence-corrected chi connectivity index (χ0v) is 14.7. The second kappa shape index (κ2) is 5.08. The highest BCUT2D eigenvalue weighted by Crippen LogP contribution is 2.64. The fourth-order valence-corrected chi connectivity index (χ4v) is 6.89. The minimum absolute atomic E-state index is 0.0812. The molecule has 0 bridgehead atoms. The molecule has 3 unspecified atom stereocenters. The minimum atomic E-state index is -0.113. The monoisotopic (exact) mass is 317 g/mol. The molecule has 23 heavy (non-hydrogen) atoms. The van der Waals surface area contributed by atoms with Crippen molar-refractivity contribution in [2.24, 2.45) is 34.5 Å². The number of nitrogens with one attached hydrogen (secondary N) is 1. The summed E-state index contributed by atoms with van der Waals surface area (Å²) in [5.74, 6) is 2.77. The molecule has 0 saturated heterocycles. The van der Waals surface area contributed by atoms with Crippen molar-refractivity contribution in [1.82, 2.24) is 5.32 Å². The lowest BCUT2D eigenvalue weighted by Crippen LogP contribution is -2.62. The van der Waals surface area contributed by atoms with Gasteiger partial charge in [0.2, 0.25) is 5.91 Å². The van der Waals surface area contributed by atoms with Gasteiger partial charge >= 0.3 is 0 Å². The van der Waals surface area contributed by atoms with E-state index in [2.05, 4.69) is 32.2 Å². The maximum atomic E-state index is 11.9. The molecule has 0 radical (unpaired) electrons. The third-order valence-electron chi connectivity index (χ3n) is 8.35. The Labute approximate surface area is 139 Å². The lowest BCUT2D eigenvalue weighted by Gasteiger charge is -2.61. The third kappa shape index (κ3) is 2.01. The predicted molar refractivity (Wildman–Crippen MR) is 90.6 cm³/mol. The molecule has 4 aliphatic rings. The van der Waals surface area contributed by atoms with Gasteiger partial charge in [0.05, 0.1) is 6.10 Å². The van der Waals surface area contributed by atoms with Gasteiger partial charge in [-0.2, -0.15) is 0 Å². The summed E-state index contributed by atoms with van der Waals surface area (Å²) in [6.45, 7) is 7.01. The van der Waals surface area contributed by atoms with Crippen molar-refractivity contribution in [3.8, 4) is 0 Å². The molecule has 0 aromatic heterocycles.